The van der Waals surface area contributed by atoms with Crippen LogP contribution in [0.2, 0.25) is 0 Å². The number of alkyl halides is 3. The molecule has 1 amide bonds. The van der Waals surface area contributed by atoms with Crippen LogP contribution in [-0.4, -0.2) is 29.2 Å². The zero-order valence-corrected chi connectivity index (χ0v) is 9.51. The van der Waals surface area contributed by atoms with E-state index in [2.05, 4.69) is 5.32 Å². The number of hydrogen-bond donors (Lipinski definition) is 2. The lowest BCUT2D eigenvalue weighted by molar-refractivity contribution is -0.144. The second-order valence-electron chi connectivity index (χ2n) is 3.87. The molecule has 0 aromatic rings. The molecule has 0 rings (SSSR count). The first-order chi connectivity index (χ1) is 7.70. The van der Waals surface area contributed by atoms with Crippen LogP contribution in [0.3, 0.4) is 0 Å². The molecule has 0 aliphatic rings. The summed E-state index contributed by atoms with van der Waals surface area (Å²) >= 11 is 0. The first-order valence-electron chi connectivity index (χ1n) is 5.28. The predicted molar refractivity (Wildman–Crippen MR) is 54.4 cm³/mol. The minimum Gasteiger partial charge on any atom is -0.481 e. The van der Waals surface area contributed by atoms with Crippen molar-refractivity contribution in [2.45, 2.75) is 51.2 Å². The van der Waals surface area contributed by atoms with Gasteiger partial charge < -0.3 is 10.4 Å². The standard InChI is InChI=1S/C10H16F3NO3/c1-7(3-2-4-9(16)17)14-8(15)5-6-10(11,12)13/h7H,2-6H2,1H3,(H,14,15)(H,16,17). The average molecular weight is 255 g/mol. The molecule has 4 nitrogen and oxygen atoms in total. The van der Waals surface area contributed by atoms with Crippen molar-refractivity contribution in [3.05, 3.63) is 0 Å². The van der Waals surface area contributed by atoms with Crippen LogP contribution in [0.4, 0.5) is 13.2 Å². The van der Waals surface area contributed by atoms with Crippen LogP contribution < -0.4 is 5.32 Å². The number of nitrogens with one attached hydrogen (secondary N) is 1. The number of aliphatic carboxylic acids is 1. The summed E-state index contributed by atoms with van der Waals surface area (Å²) in [5.41, 5.74) is 0. The fourth-order valence-electron chi connectivity index (χ4n) is 1.23. The molecule has 0 saturated carbocycles. The van der Waals surface area contributed by atoms with Gasteiger partial charge in [-0.3, -0.25) is 9.59 Å². The Hall–Kier alpha value is -1.27. The van der Waals surface area contributed by atoms with E-state index in [9.17, 15) is 22.8 Å². The molecule has 0 radical (unpaired) electrons. The highest BCUT2D eigenvalue weighted by molar-refractivity contribution is 5.76. The maximum atomic E-state index is 11.8. The van der Waals surface area contributed by atoms with E-state index in [0.717, 1.165) is 0 Å². The number of amides is 1. The molecule has 0 aliphatic carbocycles. The Morgan fingerprint density at radius 3 is 2.35 bits per heavy atom. The second-order valence-corrected chi connectivity index (χ2v) is 3.87. The van der Waals surface area contributed by atoms with E-state index in [0.29, 0.717) is 12.8 Å². The third-order valence-corrected chi connectivity index (χ3v) is 2.07. The normalized spacial score (nSPS) is 13.2. The minimum absolute atomic E-state index is 0.0111. The quantitative estimate of drug-likeness (QED) is 0.732. The van der Waals surface area contributed by atoms with Crippen molar-refractivity contribution in [2.75, 3.05) is 0 Å². The minimum atomic E-state index is -4.33. The number of carboxylic acids is 1. The molecule has 17 heavy (non-hydrogen) atoms. The lowest BCUT2D eigenvalue weighted by Crippen LogP contribution is -2.33. The third-order valence-electron chi connectivity index (χ3n) is 2.07. The summed E-state index contributed by atoms with van der Waals surface area (Å²) in [5.74, 6) is -1.59. The van der Waals surface area contributed by atoms with Crippen LogP contribution in [0.5, 0.6) is 0 Å². The molecule has 0 fully saturated rings. The molecule has 2 N–H and O–H groups in total. The van der Waals surface area contributed by atoms with Gasteiger partial charge >= 0.3 is 12.1 Å². The topological polar surface area (TPSA) is 66.4 Å². The Bertz CT molecular complexity index is 266. The first kappa shape index (κ1) is 15.7. The Kier molecular flexibility index (Phi) is 6.60. The Labute approximate surface area is 97.2 Å². The Morgan fingerprint density at radius 2 is 1.88 bits per heavy atom. The molecule has 1 atom stereocenters. The molecule has 7 heteroatoms. The number of carbonyl (C=O) groups excluding carboxylic acids is 1. The van der Waals surface area contributed by atoms with Gasteiger partial charge in [0.1, 0.15) is 0 Å². The van der Waals surface area contributed by atoms with E-state index in [1.807, 2.05) is 0 Å². The van der Waals surface area contributed by atoms with E-state index < -0.39 is 30.9 Å². The fourth-order valence-corrected chi connectivity index (χ4v) is 1.23. The molecule has 100 valence electrons. The van der Waals surface area contributed by atoms with Crippen LogP contribution in [0.1, 0.15) is 39.0 Å². The second kappa shape index (κ2) is 7.13. The van der Waals surface area contributed by atoms with Gasteiger partial charge in [-0.15, -0.1) is 0 Å². The van der Waals surface area contributed by atoms with Crippen molar-refractivity contribution in [3.8, 4) is 0 Å². The van der Waals surface area contributed by atoms with E-state index in [1.165, 1.54) is 0 Å². The summed E-state index contributed by atoms with van der Waals surface area (Å²) in [7, 11) is 0. The van der Waals surface area contributed by atoms with Crippen molar-refractivity contribution >= 4 is 11.9 Å². The Balaban J connectivity index is 3.69. The summed E-state index contributed by atoms with van der Waals surface area (Å²) < 4.78 is 35.4. The highest BCUT2D eigenvalue weighted by Crippen LogP contribution is 2.21. The SMILES string of the molecule is CC(CCCC(=O)O)NC(=O)CCC(F)(F)F. The first-order valence-corrected chi connectivity index (χ1v) is 5.28. The van der Waals surface area contributed by atoms with Crippen LogP contribution in [-0.2, 0) is 9.59 Å². The molecule has 1 unspecified atom stereocenters. The average Bonchev–Trinajstić information content (AvgIpc) is 2.13. The lowest BCUT2D eigenvalue weighted by Gasteiger charge is -2.13. The van der Waals surface area contributed by atoms with Gasteiger partial charge in [0.2, 0.25) is 5.91 Å². The summed E-state index contributed by atoms with van der Waals surface area (Å²) in [5, 5.41) is 10.8. The monoisotopic (exact) mass is 255 g/mol. The summed E-state index contributed by atoms with van der Waals surface area (Å²) in [6, 6.07) is -0.310. The molecule has 0 spiro atoms. The smallest absolute Gasteiger partial charge is 0.389 e. The number of hydrogen-bond acceptors (Lipinski definition) is 2. The molecule has 0 aromatic heterocycles. The van der Waals surface area contributed by atoms with Gasteiger partial charge in [0.25, 0.3) is 0 Å². The maximum absolute atomic E-state index is 11.8. The number of carboxylic acid groups (broad SMARTS) is 1. The number of rotatable bonds is 7. The van der Waals surface area contributed by atoms with Crippen molar-refractivity contribution in [1.82, 2.24) is 5.32 Å². The van der Waals surface area contributed by atoms with Gasteiger partial charge in [-0.1, -0.05) is 0 Å². The van der Waals surface area contributed by atoms with Crippen molar-refractivity contribution in [2.24, 2.45) is 0 Å². The highest BCUT2D eigenvalue weighted by atomic mass is 19.4. The van der Waals surface area contributed by atoms with E-state index in [-0.39, 0.29) is 12.5 Å². The Morgan fingerprint density at radius 1 is 1.29 bits per heavy atom. The fraction of sp³-hybridized carbons (Fsp3) is 0.800. The van der Waals surface area contributed by atoms with Crippen molar-refractivity contribution in [3.63, 3.8) is 0 Å². The van der Waals surface area contributed by atoms with Crippen LogP contribution in [0.15, 0.2) is 0 Å². The van der Waals surface area contributed by atoms with Gasteiger partial charge in [0.05, 0.1) is 6.42 Å². The third kappa shape index (κ3) is 11.0. The van der Waals surface area contributed by atoms with E-state index in [1.54, 1.807) is 6.92 Å². The summed E-state index contributed by atoms with van der Waals surface area (Å²) in [4.78, 5) is 21.3. The van der Waals surface area contributed by atoms with Gasteiger partial charge in [-0.05, 0) is 19.8 Å². The summed E-state index contributed by atoms with van der Waals surface area (Å²) in [6.45, 7) is 1.63. The highest BCUT2D eigenvalue weighted by Gasteiger charge is 2.28. The number of halogens is 3. The van der Waals surface area contributed by atoms with Crippen LogP contribution >= 0.6 is 0 Å². The zero-order valence-electron chi connectivity index (χ0n) is 9.51. The largest absolute Gasteiger partial charge is 0.481 e. The lowest BCUT2D eigenvalue weighted by atomic mass is 10.1. The van der Waals surface area contributed by atoms with Crippen LogP contribution in [0.25, 0.3) is 0 Å². The van der Waals surface area contributed by atoms with E-state index in [4.69, 9.17) is 5.11 Å². The van der Waals surface area contributed by atoms with Crippen LogP contribution in [0, 0.1) is 0 Å². The molecular weight excluding hydrogens is 239 g/mol. The molecule has 0 aliphatic heterocycles. The van der Waals surface area contributed by atoms with Gasteiger partial charge in [0.15, 0.2) is 0 Å². The molecule has 0 heterocycles. The van der Waals surface area contributed by atoms with Gasteiger partial charge in [-0.25, -0.2) is 0 Å². The maximum Gasteiger partial charge on any atom is 0.389 e. The predicted octanol–water partition coefficient (Wildman–Crippen LogP) is 2.09. The molecular formula is C10H16F3NO3. The molecule has 0 saturated heterocycles. The molecule has 0 bridgehead atoms. The zero-order chi connectivity index (χ0) is 13.5. The van der Waals surface area contributed by atoms with E-state index >= 15 is 0 Å². The number of carbonyl (C=O) groups is 2. The van der Waals surface area contributed by atoms with Gasteiger partial charge in [0, 0.05) is 18.9 Å². The van der Waals surface area contributed by atoms with Crippen molar-refractivity contribution in [1.29, 1.82) is 0 Å². The molecule has 0 aromatic carbocycles. The summed E-state index contributed by atoms with van der Waals surface area (Å²) in [6.07, 6.45) is -5.25. The van der Waals surface area contributed by atoms with Gasteiger partial charge in [-0.2, -0.15) is 13.2 Å². The van der Waals surface area contributed by atoms with Crippen molar-refractivity contribution < 1.29 is 27.9 Å².